The molecule has 1 aromatic carbocycles. The third-order valence-corrected chi connectivity index (χ3v) is 2.81. The summed E-state index contributed by atoms with van der Waals surface area (Å²) in [6.07, 6.45) is 0. The summed E-state index contributed by atoms with van der Waals surface area (Å²) in [6.45, 7) is 4.65. The van der Waals surface area contributed by atoms with Crippen molar-refractivity contribution in [2.75, 3.05) is 26.2 Å². The summed E-state index contributed by atoms with van der Waals surface area (Å²) in [5, 5.41) is 21.8. The number of aromatic hydroxyl groups is 1. The van der Waals surface area contributed by atoms with E-state index < -0.39 is 0 Å². The molecule has 0 amide bonds. The molecule has 0 radical (unpaired) electrons. The van der Waals surface area contributed by atoms with Crippen molar-refractivity contribution in [2.24, 2.45) is 0 Å². The molecule has 1 aliphatic rings. The Morgan fingerprint density at radius 2 is 2.12 bits per heavy atom. The second-order valence-corrected chi connectivity index (χ2v) is 3.98. The monoisotopic (exact) mass is 217 g/mol. The number of nitrogens with zero attached hydrogens (tertiary/aromatic N) is 2. The minimum absolute atomic E-state index is 0.275. The van der Waals surface area contributed by atoms with Crippen molar-refractivity contribution in [3.05, 3.63) is 29.3 Å². The topological polar surface area (TPSA) is 59.3 Å². The minimum atomic E-state index is 0.275. The van der Waals surface area contributed by atoms with Crippen molar-refractivity contribution in [3.63, 3.8) is 0 Å². The first-order chi connectivity index (χ1) is 7.79. The molecule has 2 rings (SSSR count). The van der Waals surface area contributed by atoms with E-state index in [0.717, 1.165) is 31.7 Å². The van der Waals surface area contributed by atoms with Gasteiger partial charge in [0.2, 0.25) is 0 Å². The Labute approximate surface area is 95.1 Å². The summed E-state index contributed by atoms with van der Waals surface area (Å²) >= 11 is 0. The highest BCUT2D eigenvalue weighted by molar-refractivity contribution is 5.41. The zero-order valence-electron chi connectivity index (χ0n) is 9.11. The lowest BCUT2D eigenvalue weighted by Crippen LogP contribution is -2.42. The maximum atomic E-state index is 9.71. The molecule has 0 bridgehead atoms. The number of benzene rings is 1. The number of hydrogen-bond acceptors (Lipinski definition) is 4. The van der Waals surface area contributed by atoms with E-state index in [1.165, 1.54) is 0 Å². The fourth-order valence-corrected chi connectivity index (χ4v) is 1.89. The summed E-state index contributed by atoms with van der Waals surface area (Å²) in [5.41, 5.74) is 1.43. The van der Waals surface area contributed by atoms with Crippen molar-refractivity contribution >= 4 is 0 Å². The SMILES string of the molecule is N#Cc1ccc(O)c(CN2CCNCC2)c1. The van der Waals surface area contributed by atoms with Crippen LogP contribution in [0.5, 0.6) is 5.75 Å². The number of phenols is 1. The van der Waals surface area contributed by atoms with Gasteiger partial charge in [-0.05, 0) is 18.2 Å². The summed E-state index contributed by atoms with van der Waals surface area (Å²) in [5.74, 6) is 0.275. The van der Waals surface area contributed by atoms with E-state index in [0.29, 0.717) is 12.1 Å². The van der Waals surface area contributed by atoms with Gasteiger partial charge in [0.25, 0.3) is 0 Å². The smallest absolute Gasteiger partial charge is 0.120 e. The number of piperazine rings is 1. The fourth-order valence-electron chi connectivity index (χ4n) is 1.89. The van der Waals surface area contributed by atoms with Gasteiger partial charge >= 0.3 is 0 Å². The molecule has 1 saturated heterocycles. The number of hydrogen-bond donors (Lipinski definition) is 2. The van der Waals surface area contributed by atoms with Crippen molar-refractivity contribution in [1.29, 1.82) is 5.26 Å². The fraction of sp³-hybridized carbons (Fsp3) is 0.417. The van der Waals surface area contributed by atoms with Crippen LogP contribution in [-0.2, 0) is 6.54 Å². The van der Waals surface area contributed by atoms with Gasteiger partial charge in [-0.2, -0.15) is 5.26 Å². The van der Waals surface area contributed by atoms with Crippen LogP contribution in [0.25, 0.3) is 0 Å². The molecule has 1 fully saturated rings. The second-order valence-electron chi connectivity index (χ2n) is 3.98. The average Bonchev–Trinajstić information content (AvgIpc) is 2.33. The van der Waals surface area contributed by atoms with Crippen LogP contribution in [-0.4, -0.2) is 36.2 Å². The predicted octanol–water partition coefficient (Wildman–Crippen LogP) is 0.669. The van der Waals surface area contributed by atoms with Crippen LogP contribution < -0.4 is 5.32 Å². The van der Waals surface area contributed by atoms with E-state index >= 15 is 0 Å². The van der Waals surface area contributed by atoms with Crippen LogP contribution in [0.3, 0.4) is 0 Å². The molecular formula is C12H15N3O. The summed E-state index contributed by atoms with van der Waals surface area (Å²) in [7, 11) is 0. The Balaban J connectivity index is 2.10. The van der Waals surface area contributed by atoms with E-state index in [1.807, 2.05) is 0 Å². The zero-order chi connectivity index (χ0) is 11.4. The summed E-state index contributed by atoms with van der Waals surface area (Å²) in [4.78, 5) is 2.27. The lowest BCUT2D eigenvalue weighted by molar-refractivity contribution is 0.230. The van der Waals surface area contributed by atoms with E-state index in [9.17, 15) is 5.11 Å². The highest BCUT2D eigenvalue weighted by atomic mass is 16.3. The molecule has 84 valence electrons. The normalized spacial score (nSPS) is 16.9. The first-order valence-corrected chi connectivity index (χ1v) is 5.44. The molecule has 16 heavy (non-hydrogen) atoms. The molecule has 0 spiro atoms. The highest BCUT2D eigenvalue weighted by Gasteiger charge is 2.12. The van der Waals surface area contributed by atoms with Crippen LogP contribution in [0.4, 0.5) is 0 Å². The molecule has 2 N–H and O–H groups in total. The van der Waals surface area contributed by atoms with Crippen LogP contribution in [0, 0.1) is 11.3 Å². The molecule has 0 atom stereocenters. The molecule has 0 aromatic heterocycles. The quantitative estimate of drug-likeness (QED) is 0.764. The van der Waals surface area contributed by atoms with Crippen molar-refractivity contribution in [1.82, 2.24) is 10.2 Å². The standard InChI is InChI=1S/C12H15N3O/c13-8-10-1-2-12(16)11(7-10)9-15-5-3-14-4-6-15/h1-2,7,14,16H,3-6,9H2. The largest absolute Gasteiger partial charge is 0.508 e. The maximum absolute atomic E-state index is 9.71. The minimum Gasteiger partial charge on any atom is -0.508 e. The van der Waals surface area contributed by atoms with Gasteiger partial charge in [0.1, 0.15) is 5.75 Å². The van der Waals surface area contributed by atoms with Crippen LogP contribution in [0.1, 0.15) is 11.1 Å². The Hall–Kier alpha value is -1.57. The zero-order valence-corrected chi connectivity index (χ0v) is 9.11. The molecule has 1 aromatic rings. The van der Waals surface area contributed by atoms with Crippen LogP contribution in [0.15, 0.2) is 18.2 Å². The second kappa shape index (κ2) is 4.97. The Bertz CT molecular complexity index is 405. The van der Waals surface area contributed by atoms with E-state index in [-0.39, 0.29) is 5.75 Å². The average molecular weight is 217 g/mol. The molecule has 4 heteroatoms. The third-order valence-electron chi connectivity index (χ3n) is 2.81. The van der Waals surface area contributed by atoms with Gasteiger partial charge in [-0.3, -0.25) is 4.90 Å². The van der Waals surface area contributed by atoms with E-state index in [4.69, 9.17) is 5.26 Å². The molecule has 4 nitrogen and oxygen atoms in total. The van der Waals surface area contributed by atoms with Crippen LogP contribution >= 0.6 is 0 Å². The predicted molar refractivity (Wildman–Crippen MR) is 61.0 cm³/mol. The summed E-state index contributed by atoms with van der Waals surface area (Å²) < 4.78 is 0. The third kappa shape index (κ3) is 2.51. The molecule has 0 saturated carbocycles. The lowest BCUT2D eigenvalue weighted by Gasteiger charge is -2.27. The van der Waals surface area contributed by atoms with Crippen LogP contribution in [0.2, 0.25) is 0 Å². The Kier molecular flexibility index (Phi) is 3.40. The Morgan fingerprint density at radius 3 is 2.81 bits per heavy atom. The van der Waals surface area contributed by atoms with Crippen molar-refractivity contribution in [2.45, 2.75) is 6.54 Å². The lowest BCUT2D eigenvalue weighted by atomic mass is 10.1. The first kappa shape index (κ1) is 10.9. The molecular weight excluding hydrogens is 202 g/mol. The van der Waals surface area contributed by atoms with Gasteiger partial charge < -0.3 is 10.4 Å². The number of rotatable bonds is 2. The first-order valence-electron chi connectivity index (χ1n) is 5.44. The van der Waals surface area contributed by atoms with E-state index in [1.54, 1.807) is 18.2 Å². The van der Waals surface area contributed by atoms with E-state index in [2.05, 4.69) is 16.3 Å². The van der Waals surface area contributed by atoms with Crippen molar-refractivity contribution < 1.29 is 5.11 Å². The number of phenolic OH excluding ortho intramolecular Hbond substituents is 1. The Morgan fingerprint density at radius 1 is 1.38 bits per heavy atom. The molecule has 1 heterocycles. The van der Waals surface area contributed by atoms with Crippen molar-refractivity contribution in [3.8, 4) is 11.8 Å². The van der Waals surface area contributed by atoms with Gasteiger partial charge in [-0.15, -0.1) is 0 Å². The molecule has 1 aliphatic heterocycles. The van der Waals surface area contributed by atoms with Gasteiger partial charge in [0, 0.05) is 38.3 Å². The summed E-state index contributed by atoms with van der Waals surface area (Å²) in [6, 6.07) is 7.08. The number of nitrogens with one attached hydrogen (secondary N) is 1. The van der Waals surface area contributed by atoms with Gasteiger partial charge in [-0.25, -0.2) is 0 Å². The highest BCUT2D eigenvalue weighted by Crippen LogP contribution is 2.20. The molecule has 0 aliphatic carbocycles. The molecule has 0 unspecified atom stereocenters. The van der Waals surface area contributed by atoms with Gasteiger partial charge in [0.15, 0.2) is 0 Å². The number of nitriles is 1. The van der Waals surface area contributed by atoms with Gasteiger partial charge in [0.05, 0.1) is 11.6 Å². The van der Waals surface area contributed by atoms with Gasteiger partial charge in [-0.1, -0.05) is 0 Å². The maximum Gasteiger partial charge on any atom is 0.120 e.